The van der Waals surface area contributed by atoms with Crippen LogP contribution < -0.4 is 10.6 Å². The minimum absolute atomic E-state index is 0.0682. The summed E-state index contributed by atoms with van der Waals surface area (Å²) in [6.45, 7) is 1.18. The highest BCUT2D eigenvalue weighted by atomic mass is 19.4. The van der Waals surface area contributed by atoms with Crippen molar-refractivity contribution >= 4 is 29.1 Å². The maximum Gasteiger partial charge on any atom is 0.389 e. The zero-order chi connectivity index (χ0) is 27.1. The first-order valence-electron chi connectivity index (χ1n) is 12.4. The molecule has 4 rings (SSSR count). The zero-order valence-corrected chi connectivity index (χ0v) is 20.6. The van der Waals surface area contributed by atoms with Crippen LogP contribution in [0.3, 0.4) is 0 Å². The highest BCUT2D eigenvalue weighted by Crippen LogP contribution is 2.30. The molecule has 6 nitrogen and oxygen atoms in total. The van der Waals surface area contributed by atoms with Crippen molar-refractivity contribution in [3.63, 3.8) is 0 Å². The number of rotatable bonds is 7. The first kappa shape index (κ1) is 26.9. The van der Waals surface area contributed by atoms with Crippen LogP contribution in [0.25, 0.3) is 0 Å². The predicted octanol–water partition coefficient (Wildman–Crippen LogP) is 6.24. The van der Waals surface area contributed by atoms with E-state index in [9.17, 15) is 27.6 Å². The number of anilines is 2. The first-order valence-corrected chi connectivity index (χ1v) is 12.4. The van der Waals surface area contributed by atoms with E-state index < -0.39 is 24.9 Å². The number of nitrogens with one attached hydrogen (secondary N) is 2. The summed E-state index contributed by atoms with van der Waals surface area (Å²) < 4.78 is 36.8. The van der Waals surface area contributed by atoms with Crippen LogP contribution in [0.2, 0.25) is 0 Å². The van der Waals surface area contributed by atoms with Crippen molar-refractivity contribution in [2.45, 2.75) is 37.8 Å². The van der Waals surface area contributed by atoms with Crippen LogP contribution in [-0.4, -0.2) is 41.9 Å². The second-order valence-electron chi connectivity index (χ2n) is 9.25. The third-order valence-electron chi connectivity index (χ3n) is 6.51. The molecule has 0 spiro atoms. The molecule has 198 valence electrons. The smallest absolute Gasteiger partial charge is 0.339 e. The van der Waals surface area contributed by atoms with E-state index in [1.165, 1.54) is 0 Å². The summed E-state index contributed by atoms with van der Waals surface area (Å²) in [5.74, 6) is -0.719. The molecule has 38 heavy (non-hydrogen) atoms. The topological polar surface area (TPSA) is 78.5 Å². The third-order valence-corrected chi connectivity index (χ3v) is 6.51. The third kappa shape index (κ3) is 7.44. The van der Waals surface area contributed by atoms with Crippen molar-refractivity contribution < 1.29 is 27.6 Å². The number of alkyl halides is 3. The predicted molar refractivity (Wildman–Crippen MR) is 139 cm³/mol. The SMILES string of the molecule is O=C(CCC(F)(F)F)Nc1ccc(C2CCN(C(=O)c3ccc(NC(=O)c4ccccc4)cc3)CC2)cc1. The summed E-state index contributed by atoms with van der Waals surface area (Å²) in [5.41, 5.74) is 3.22. The standard InChI is InChI=1S/C29H28F3N3O3/c30-29(31,32)17-14-26(36)33-24-10-6-20(7-11-24)21-15-18-35(19-16-21)28(38)23-8-12-25(13-9-23)34-27(37)22-4-2-1-3-5-22/h1-13,21H,14-19H2,(H,33,36)(H,34,37). The molecule has 0 saturated carbocycles. The number of halogens is 3. The highest BCUT2D eigenvalue weighted by Gasteiger charge is 2.28. The lowest BCUT2D eigenvalue weighted by molar-refractivity contribution is -0.142. The van der Waals surface area contributed by atoms with E-state index in [0.717, 1.165) is 18.4 Å². The molecule has 0 aliphatic carbocycles. The molecular formula is C29H28F3N3O3. The fourth-order valence-electron chi connectivity index (χ4n) is 4.40. The molecule has 1 aliphatic heterocycles. The van der Waals surface area contributed by atoms with Gasteiger partial charge in [-0.05, 0) is 72.9 Å². The van der Waals surface area contributed by atoms with Crippen LogP contribution in [0.1, 0.15) is 57.9 Å². The number of hydrogen-bond donors (Lipinski definition) is 2. The number of benzene rings is 3. The number of piperidine rings is 1. The molecule has 0 bridgehead atoms. The molecule has 3 aromatic carbocycles. The van der Waals surface area contributed by atoms with Gasteiger partial charge in [0.15, 0.2) is 0 Å². The van der Waals surface area contributed by atoms with Gasteiger partial charge in [0.25, 0.3) is 11.8 Å². The molecule has 0 radical (unpaired) electrons. The summed E-state index contributed by atoms with van der Waals surface area (Å²) in [4.78, 5) is 38.8. The van der Waals surface area contributed by atoms with Gasteiger partial charge in [0, 0.05) is 42.0 Å². The van der Waals surface area contributed by atoms with Crippen molar-refractivity contribution in [1.29, 1.82) is 0 Å². The monoisotopic (exact) mass is 523 g/mol. The van der Waals surface area contributed by atoms with Gasteiger partial charge < -0.3 is 15.5 Å². The molecular weight excluding hydrogens is 495 g/mol. The average Bonchev–Trinajstić information content (AvgIpc) is 2.93. The van der Waals surface area contributed by atoms with Gasteiger partial charge in [0.2, 0.25) is 5.91 Å². The van der Waals surface area contributed by atoms with Gasteiger partial charge in [-0.3, -0.25) is 14.4 Å². The van der Waals surface area contributed by atoms with E-state index >= 15 is 0 Å². The molecule has 3 aromatic rings. The summed E-state index contributed by atoms with van der Waals surface area (Å²) in [6.07, 6.45) is -4.57. The van der Waals surface area contributed by atoms with Gasteiger partial charge in [0.05, 0.1) is 6.42 Å². The molecule has 0 aromatic heterocycles. The number of carbonyl (C=O) groups excluding carboxylic acids is 3. The van der Waals surface area contributed by atoms with Gasteiger partial charge in [-0.1, -0.05) is 30.3 Å². The minimum Gasteiger partial charge on any atom is -0.339 e. The molecule has 0 atom stereocenters. The molecule has 1 heterocycles. The van der Waals surface area contributed by atoms with Crippen molar-refractivity contribution in [3.05, 3.63) is 95.6 Å². The summed E-state index contributed by atoms with van der Waals surface area (Å²) in [7, 11) is 0. The molecule has 3 amide bonds. The van der Waals surface area contributed by atoms with Gasteiger partial charge >= 0.3 is 6.18 Å². The largest absolute Gasteiger partial charge is 0.389 e. The lowest BCUT2D eigenvalue weighted by Gasteiger charge is -2.32. The lowest BCUT2D eigenvalue weighted by atomic mass is 9.89. The quantitative estimate of drug-likeness (QED) is 0.385. The molecule has 2 N–H and O–H groups in total. The minimum atomic E-state index is -4.36. The van der Waals surface area contributed by atoms with Gasteiger partial charge in [0.1, 0.15) is 0 Å². The molecule has 1 saturated heterocycles. The molecule has 1 fully saturated rings. The first-order chi connectivity index (χ1) is 18.2. The van der Waals surface area contributed by atoms with Gasteiger partial charge in [-0.25, -0.2) is 0 Å². The number of likely N-dealkylation sites (tertiary alicyclic amines) is 1. The average molecular weight is 524 g/mol. The van der Waals surface area contributed by atoms with Crippen molar-refractivity contribution in [2.24, 2.45) is 0 Å². The Bertz CT molecular complexity index is 1250. The number of nitrogens with zero attached hydrogens (tertiary/aromatic N) is 1. The zero-order valence-electron chi connectivity index (χ0n) is 20.6. The van der Waals surface area contributed by atoms with E-state index in [1.807, 2.05) is 23.1 Å². The Morgan fingerprint density at radius 2 is 1.34 bits per heavy atom. The van der Waals surface area contributed by atoms with Gasteiger partial charge in [-0.2, -0.15) is 13.2 Å². The van der Waals surface area contributed by atoms with Crippen molar-refractivity contribution in [3.8, 4) is 0 Å². The lowest BCUT2D eigenvalue weighted by Crippen LogP contribution is -2.37. The normalized spacial score (nSPS) is 14.1. The summed E-state index contributed by atoms with van der Waals surface area (Å²) >= 11 is 0. The van der Waals surface area contributed by atoms with Crippen LogP contribution in [0.15, 0.2) is 78.9 Å². The number of carbonyl (C=O) groups is 3. The molecule has 1 aliphatic rings. The Hall–Kier alpha value is -4.14. The van der Waals surface area contributed by atoms with Crippen LogP contribution in [0.5, 0.6) is 0 Å². The number of amides is 3. The maximum absolute atomic E-state index is 13.0. The van der Waals surface area contributed by atoms with Crippen LogP contribution >= 0.6 is 0 Å². The Balaban J connectivity index is 1.25. The molecule has 9 heteroatoms. The van der Waals surface area contributed by atoms with Crippen LogP contribution in [0, 0.1) is 0 Å². The Morgan fingerprint density at radius 1 is 0.763 bits per heavy atom. The highest BCUT2D eigenvalue weighted by molar-refractivity contribution is 6.04. The maximum atomic E-state index is 13.0. The Kier molecular flexibility index (Phi) is 8.45. The Labute approximate surface area is 218 Å². The second kappa shape index (κ2) is 11.9. The second-order valence-corrected chi connectivity index (χ2v) is 9.25. The number of hydrogen-bond acceptors (Lipinski definition) is 3. The van der Waals surface area contributed by atoms with Gasteiger partial charge in [-0.15, -0.1) is 0 Å². The van der Waals surface area contributed by atoms with E-state index in [2.05, 4.69) is 10.6 Å². The van der Waals surface area contributed by atoms with E-state index in [4.69, 9.17) is 0 Å². The van der Waals surface area contributed by atoms with Crippen LogP contribution in [-0.2, 0) is 4.79 Å². The van der Waals surface area contributed by atoms with E-state index in [1.54, 1.807) is 60.7 Å². The summed E-state index contributed by atoms with van der Waals surface area (Å²) in [5, 5.41) is 5.31. The fourth-order valence-corrected chi connectivity index (χ4v) is 4.40. The van der Waals surface area contributed by atoms with Crippen molar-refractivity contribution in [1.82, 2.24) is 4.90 Å². The fraction of sp³-hybridized carbons (Fsp3) is 0.276. The van der Waals surface area contributed by atoms with Crippen molar-refractivity contribution in [2.75, 3.05) is 23.7 Å². The van der Waals surface area contributed by atoms with E-state index in [-0.39, 0.29) is 17.7 Å². The van der Waals surface area contributed by atoms with E-state index in [0.29, 0.717) is 35.6 Å². The van der Waals surface area contributed by atoms with Crippen LogP contribution in [0.4, 0.5) is 24.5 Å². The Morgan fingerprint density at radius 3 is 1.95 bits per heavy atom. The molecule has 0 unspecified atom stereocenters. The summed E-state index contributed by atoms with van der Waals surface area (Å²) in [6, 6.07) is 22.8.